The van der Waals surface area contributed by atoms with E-state index in [2.05, 4.69) is 50.9 Å². The maximum atomic E-state index is 2.57. The SMILES string of the molecule is CC(C)N(C)[SiH2][SiH2]N(C)C(C)C. The van der Waals surface area contributed by atoms with Crippen molar-refractivity contribution >= 4 is 18.4 Å². The predicted molar refractivity (Wildman–Crippen MR) is 62.9 cm³/mol. The van der Waals surface area contributed by atoms with E-state index >= 15 is 0 Å². The van der Waals surface area contributed by atoms with Crippen molar-refractivity contribution in [2.45, 2.75) is 39.8 Å². The van der Waals surface area contributed by atoms with Crippen molar-refractivity contribution in [1.29, 1.82) is 0 Å². The molecule has 0 fully saturated rings. The van der Waals surface area contributed by atoms with Crippen molar-refractivity contribution in [3.8, 4) is 0 Å². The van der Waals surface area contributed by atoms with Crippen LogP contribution in [-0.4, -0.2) is 53.7 Å². The van der Waals surface area contributed by atoms with Crippen LogP contribution in [0.25, 0.3) is 0 Å². The Morgan fingerprint density at radius 3 is 1.17 bits per heavy atom. The molecule has 0 rings (SSSR count). The molecule has 4 heteroatoms. The van der Waals surface area contributed by atoms with Gasteiger partial charge in [-0.2, -0.15) is 0 Å². The van der Waals surface area contributed by atoms with Crippen LogP contribution >= 0.6 is 0 Å². The minimum Gasteiger partial charge on any atom is -0.331 e. The van der Waals surface area contributed by atoms with E-state index in [0.717, 1.165) is 12.1 Å². The molecule has 0 saturated heterocycles. The fourth-order valence-electron chi connectivity index (χ4n) is 0.832. The van der Waals surface area contributed by atoms with E-state index in [4.69, 9.17) is 0 Å². The van der Waals surface area contributed by atoms with Gasteiger partial charge in [0.1, 0.15) is 0 Å². The molecule has 0 bridgehead atoms. The van der Waals surface area contributed by atoms with Gasteiger partial charge in [0.05, 0.1) is 18.4 Å². The van der Waals surface area contributed by atoms with Crippen molar-refractivity contribution in [3.63, 3.8) is 0 Å². The standard InChI is InChI=1S/C8H24N2Si2/c1-7(2)9(5)11-12-10(6)8(3)4/h7-8H,11-12H2,1-6H3. The molecule has 74 valence electrons. The van der Waals surface area contributed by atoms with Gasteiger partial charge in [0.25, 0.3) is 0 Å². The molecule has 0 atom stereocenters. The lowest BCUT2D eigenvalue weighted by molar-refractivity contribution is 0.430. The second-order valence-corrected chi connectivity index (χ2v) is 9.72. The third kappa shape index (κ3) is 5.08. The lowest BCUT2D eigenvalue weighted by Gasteiger charge is -2.26. The number of nitrogens with zero attached hydrogens (tertiary/aromatic N) is 2. The van der Waals surface area contributed by atoms with Gasteiger partial charge >= 0.3 is 0 Å². The van der Waals surface area contributed by atoms with Crippen molar-refractivity contribution < 1.29 is 0 Å². The van der Waals surface area contributed by atoms with Gasteiger partial charge in [0, 0.05) is 0 Å². The van der Waals surface area contributed by atoms with E-state index in [0.29, 0.717) is 0 Å². The molecule has 0 spiro atoms. The molecule has 0 aliphatic carbocycles. The van der Waals surface area contributed by atoms with Crippen LogP contribution in [0.15, 0.2) is 0 Å². The Hall–Kier alpha value is 0.354. The molecule has 0 aromatic rings. The predicted octanol–water partition coefficient (Wildman–Crippen LogP) is -0.251. The highest BCUT2D eigenvalue weighted by Crippen LogP contribution is 1.93. The van der Waals surface area contributed by atoms with Crippen LogP contribution in [0.2, 0.25) is 0 Å². The molecule has 0 saturated carbocycles. The van der Waals surface area contributed by atoms with Gasteiger partial charge < -0.3 is 9.13 Å². The third-order valence-corrected chi connectivity index (χ3v) is 10.5. The maximum Gasteiger partial charge on any atom is 0.0968 e. The van der Waals surface area contributed by atoms with Crippen LogP contribution in [0, 0.1) is 0 Å². The average molecular weight is 204 g/mol. The average Bonchev–Trinajstić information content (AvgIpc) is 1.98. The summed E-state index contributed by atoms with van der Waals surface area (Å²) in [7, 11) is 4.74. The van der Waals surface area contributed by atoms with Gasteiger partial charge in [0.2, 0.25) is 0 Å². The summed E-state index contributed by atoms with van der Waals surface area (Å²) in [4.78, 5) is 0. The minimum absolute atomic E-state index is 0.0961. The van der Waals surface area contributed by atoms with Crippen LogP contribution < -0.4 is 0 Å². The Morgan fingerprint density at radius 1 is 0.750 bits per heavy atom. The first-order valence-corrected chi connectivity index (χ1v) is 10.1. The molecule has 0 heterocycles. The molecule has 0 N–H and O–H groups in total. The monoisotopic (exact) mass is 204 g/mol. The Morgan fingerprint density at radius 2 is 1.00 bits per heavy atom. The molecular formula is C8H24N2Si2. The van der Waals surface area contributed by atoms with Crippen LogP contribution in [0.3, 0.4) is 0 Å². The Bertz CT molecular complexity index is 104. The molecule has 12 heavy (non-hydrogen) atoms. The van der Waals surface area contributed by atoms with E-state index in [1.165, 1.54) is 0 Å². The maximum absolute atomic E-state index is 2.57. The molecular weight excluding hydrogens is 180 g/mol. The highest BCUT2D eigenvalue weighted by molar-refractivity contribution is 6.97. The summed E-state index contributed by atoms with van der Waals surface area (Å²) in [5.41, 5.74) is 0. The van der Waals surface area contributed by atoms with Crippen LogP contribution in [0.5, 0.6) is 0 Å². The molecule has 0 aromatic heterocycles. The molecule has 0 amide bonds. The molecule has 0 unspecified atom stereocenters. The van der Waals surface area contributed by atoms with Gasteiger partial charge in [-0.3, -0.25) is 0 Å². The van der Waals surface area contributed by atoms with Crippen molar-refractivity contribution in [2.24, 2.45) is 0 Å². The van der Waals surface area contributed by atoms with Gasteiger partial charge in [-0.15, -0.1) is 0 Å². The van der Waals surface area contributed by atoms with Crippen LogP contribution in [0.4, 0.5) is 0 Å². The van der Waals surface area contributed by atoms with E-state index in [1.807, 2.05) is 0 Å². The first kappa shape index (κ1) is 12.4. The summed E-state index contributed by atoms with van der Waals surface area (Å²) in [5, 5.41) is 0. The fourth-order valence-corrected chi connectivity index (χ4v) is 7.49. The second-order valence-electron chi connectivity index (χ2n) is 4.15. The summed E-state index contributed by atoms with van der Waals surface area (Å²) in [6.07, 6.45) is 0. The Balaban J connectivity index is 3.54. The zero-order chi connectivity index (χ0) is 9.72. The highest BCUT2D eigenvalue weighted by atomic mass is 29.2. The van der Waals surface area contributed by atoms with E-state index < -0.39 is 0 Å². The summed E-state index contributed by atoms with van der Waals surface area (Å²) in [6, 6.07) is 1.51. The van der Waals surface area contributed by atoms with E-state index in [1.54, 1.807) is 0 Å². The van der Waals surface area contributed by atoms with Crippen molar-refractivity contribution in [2.75, 3.05) is 14.1 Å². The van der Waals surface area contributed by atoms with Gasteiger partial charge in [0.15, 0.2) is 0 Å². The topological polar surface area (TPSA) is 6.48 Å². The second kappa shape index (κ2) is 5.91. The fraction of sp³-hybridized carbons (Fsp3) is 1.00. The lowest BCUT2D eigenvalue weighted by atomic mass is 10.4. The molecule has 0 aliphatic rings. The van der Waals surface area contributed by atoms with E-state index in [-0.39, 0.29) is 18.4 Å². The van der Waals surface area contributed by atoms with E-state index in [9.17, 15) is 0 Å². The van der Waals surface area contributed by atoms with Crippen LogP contribution in [-0.2, 0) is 0 Å². The summed E-state index contributed by atoms with van der Waals surface area (Å²) >= 11 is 0. The first-order valence-electron chi connectivity index (χ1n) is 4.85. The summed E-state index contributed by atoms with van der Waals surface area (Å²) in [5.74, 6) is 0. The molecule has 0 aliphatic heterocycles. The Labute approximate surface area is 81.9 Å². The molecule has 2 nitrogen and oxygen atoms in total. The normalized spacial score (nSPS) is 14.5. The Kier molecular flexibility index (Phi) is 6.08. The zero-order valence-corrected chi connectivity index (χ0v) is 12.3. The summed E-state index contributed by atoms with van der Waals surface area (Å²) < 4.78 is 5.15. The number of hydrogen-bond acceptors (Lipinski definition) is 2. The first-order chi connectivity index (χ1) is 5.45. The highest BCUT2D eigenvalue weighted by Gasteiger charge is 2.07. The summed E-state index contributed by atoms with van der Waals surface area (Å²) in [6.45, 7) is 9.15. The van der Waals surface area contributed by atoms with Crippen molar-refractivity contribution in [1.82, 2.24) is 9.13 Å². The third-order valence-electron chi connectivity index (χ3n) is 2.57. The number of hydrogen-bond donors (Lipinski definition) is 0. The van der Waals surface area contributed by atoms with Crippen LogP contribution in [0.1, 0.15) is 27.7 Å². The largest absolute Gasteiger partial charge is 0.331 e. The van der Waals surface area contributed by atoms with Crippen molar-refractivity contribution in [3.05, 3.63) is 0 Å². The minimum atomic E-state index is 0.0961. The lowest BCUT2D eigenvalue weighted by Crippen LogP contribution is -2.42. The van der Waals surface area contributed by atoms with Gasteiger partial charge in [-0.05, 0) is 26.2 Å². The number of rotatable bonds is 5. The molecule has 0 aromatic carbocycles. The molecule has 0 radical (unpaired) electrons. The zero-order valence-electron chi connectivity index (χ0n) is 9.46. The smallest absolute Gasteiger partial charge is 0.0968 e. The quantitative estimate of drug-likeness (QED) is 0.570. The van der Waals surface area contributed by atoms with Gasteiger partial charge in [-0.25, -0.2) is 0 Å². The van der Waals surface area contributed by atoms with Gasteiger partial charge in [-0.1, -0.05) is 27.7 Å².